The zero-order valence-corrected chi connectivity index (χ0v) is 19.3. The van der Waals surface area contributed by atoms with Gasteiger partial charge in [-0.15, -0.1) is 29.5 Å². The molecule has 0 unspecified atom stereocenters. The highest BCUT2D eigenvalue weighted by atomic mass is 35.5. The maximum atomic E-state index is 13.5. The first kappa shape index (κ1) is 21.5. The Balaban J connectivity index is 2.07. The zero-order chi connectivity index (χ0) is 22.1. The van der Waals surface area contributed by atoms with Gasteiger partial charge in [-0.2, -0.15) is 0 Å². The van der Waals surface area contributed by atoms with E-state index in [1.165, 1.54) is 23.1 Å². The van der Waals surface area contributed by atoms with E-state index in [4.69, 9.17) is 22.8 Å². The lowest BCUT2D eigenvalue weighted by molar-refractivity contribution is 0.0531. The topological polar surface area (TPSA) is 47.8 Å². The molecular formula is C24H18ClNO3S2. The van der Waals surface area contributed by atoms with Gasteiger partial charge in [0.1, 0.15) is 0 Å². The summed E-state index contributed by atoms with van der Waals surface area (Å²) in [6, 6.07) is 10.6. The van der Waals surface area contributed by atoms with Crippen LogP contribution >= 0.6 is 34.7 Å². The molecule has 3 heterocycles. The van der Waals surface area contributed by atoms with Crippen LogP contribution in [0, 0.1) is 19.3 Å². The summed E-state index contributed by atoms with van der Waals surface area (Å²) in [6.45, 7) is 3.97. The molecule has 0 spiro atoms. The molecule has 4 nitrogen and oxygen atoms in total. The van der Waals surface area contributed by atoms with Crippen molar-refractivity contribution in [1.29, 1.82) is 0 Å². The van der Waals surface area contributed by atoms with Gasteiger partial charge >= 0.3 is 5.97 Å². The average molecular weight is 468 g/mol. The van der Waals surface area contributed by atoms with Gasteiger partial charge in [0, 0.05) is 22.2 Å². The maximum absolute atomic E-state index is 13.5. The van der Waals surface area contributed by atoms with Crippen molar-refractivity contribution in [2.45, 2.75) is 18.1 Å². The maximum Gasteiger partial charge on any atom is 0.341 e. The molecule has 3 aromatic heterocycles. The highest BCUT2D eigenvalue weighted by molar-refractivity contribution is 8.01. The number of aromatic nitrogens is 1. The average Bonchev–Trinajstić information content (AvgIpc) is 3.27. The molecule has 0 N–H and O–H groups in total. The van der Waals surface area contributed by atoms with Gasteiger partial charge in [-0.1, -0.05) is 17.5 Å². The van der Waals surface area contributed by atoms with Gasteiger partial charge in [0.2, 0.25) is 5.78 Å². The van der Waals surface area contributed by atoms with Gasteiger partial charge in [0.05, 0.1) is 38.0 Å². The van der Waals surface area contributed by atoms with Crippen LogP contribution in [0.4, 0.5) is 0 Å². The second-order valence-electron chi connectivity index (χ2n) is 6.83. The second kappa shape index (κ2) is 8.80. The number of fused-ring (bicyclic) bond motifs is 3. The van der Waals surface area contributed by atoms with Crippen LogP contribution in [0.5, 0.6) is 0 Å². The Morgan fingerprint density at radius 3 is 2.68 bits per heavy atom. The van der Waals surface area contributed by atoms with E-state index in [1.54, 1.807) is 31.2 Å². The standard InChI is InChI=1S/C24H18ClNO3S2/c1-4-12-30-24-20-19(22(31-24)21(27)15-6-8-16(25)9-7-15)18(23(28)29-5-2)17-13-14(3)10-11-26(17)20/h1,6-11,13H,5,12H2,2-3H3. The highest BCUT2D eigenvalue weighted by Crippen LogP contribution is 2.44. The molecule has 0 radical (unpaired) electrons. The number of ether oxygens (including phenoxy) is 1. The van der Waals surface area contributed by atoms with Crippen LogP contribution in [0.2, 0.25) is 5.02 Å². The Morgan fingerprint density at radius 1 is 1.26 bits per heavy atom. The number of terminal acetylenes is 1. The van der Waals surface area contributed by atoms with Crippen molar-refractivity contribution in [2.75, 3.05) is 12.4 Å². The number of hydrogen-bond donors (Lipinski definition) is 0. The monoisotopic (exact) mass is 467 g/mol. The number of nitrogens with zero attached hydrogens (tertiary/aromatic N) is 1. The van der Waals surface area contributed by atoms with Crippen LogP contribution < -0.4 is 0 Å². The molecule has 31 heavy (non-hydrogen) atoms. The Labute approximate surface area is 193 Å². The number of esters is 1. The predicted octanol–water partition coefficient (Wildman–Crippen LogP) is 6.25. The Morgan fingerprint density at radius 2 is 2.00 bits per heavy atom. The fraction of sp³-hybridized carbons (Fsp3) is 0.167. The second-order valence-corrected chi connectivity index (χ2v) is 9.53. The van der Waals surface area contributed by atoms with E-state index in [9.17, 15) is 9.59 Å². The number of rotatable bonds is 6. The first-order chi connectivity index (χ1) is 15.0. The SMILES string of the molecule is C#CCSc1sc(C(=O)c2ccc(Cl)cc2)c2c(C(=O)OCC)c3cc(C)ccn3c12. The Bertz CT molecular complexity index is 1360. The van der Waals surface area contributed by atoms with Crippen LogP contribution in [0.3, 0.4) is 0 Å². The summed E-state index contributed by atoms with van der Waals surface area (Å²) in [6.07, 6.45) is 7.41. The lowest BCUT2D eigenvalue weighted by atomic mass is 10.1. The number of pyridine rings is 1. The fourth-order valence-electron chi connectivity index (χ4n) is 3.48. The van der Waals surface area contributed by atoms with Gasteiger partial charge < -0.3 is 9.14 Å². The largest absolute Gasteiger partial charge is 0.462 e. The van der Waals surface area contributed by atoms with Gasteiger partial charge in [0.15, 0.2) is 0 Å². The normalized spacial score (nSPS) is 11.0. The molecule has 156 valence electrons. The molecule has 4 rings (SSSR count). The highest BCUT2D eigenvalue weighted by Gasteiger charge is 2.29. The van der Waals surface area contributed by atoms with Gasteiger partial charge in [-0.05, 0) is 55.8 Å². The quantitative estimate of drug-likeness (QED) is 0.145. The Hall–Kier alpha value is -2.72. The molecule has 1 aromatic carbocycles. The summed E-state index contributed by atoms with van der Waals surface area (Å²) in [7, 11) is 0. The summed E-state index contributed by atoms with van der Waals surface area (Å²) in [5, 5.41) is 1.16. The molecular weight excluding hydrogens is 450 g/mol. The van der Waals surface area contributed by atoms with Crippen molar-refractivity contribution in [2.24, 2.45) is 0 Å². The van der Waals surface area contributed by atoms with E-state index >= 15 is 0 Å². The zero-order valence-electron chi connectivity index (χ0n) is 16.9. The molecule has 0 amide bonds. The van der Waals surface area contributed by atoms with E-state index in [0.29, 0.717) is 37.7 Å². The first-order valence-corrected chi connectivity index (χ1v) is 11.7. The van der Waals surface area contributed by atoms with Crippen LogP contribution in [0.1, 0.15) is 38.1 Å². The smallest absolute Gasteiger partial charge is 0.341 e. The van der Waals surface area contributed by atoms with E-state index in [2.05, 4.69) is 5.92 Å². The number of ketones is 1. The van der Waals surface area contributed by atoms with Crippen LogP contribution in [0.25, 0.3) is 16.4 Å². The molecule has 0 aliphatic carbocycles. The predicted molar refractivity (Wildman–Crippen MR) is 128 cm³/mol. The summed E-state index contributed by atoms with van der Waals surface area (Å²) in [5.74, 6) is 2.47. The third-order valence-electron chi connectivity index (χ3n) is 4.79. The minimum atomic E-state index is -0.447. The molecule has 0 aliphatic rings. The number of thioether (sulfide) groups is 1. The molecule has 4 aromatic rings. The van der Waals surface area contributed by atoms with Gasteiger partial charge in [-0.25, -0.2) is 4.79 Å². The minimum absolute atomic E-state index is 0.169. The van der Waals surface area contributed by atoms with Crippen molar-refractivity contribution in [3.05, 3.63) is 69.2 Å². The van der Waals surface area contributed by atoms with Gasteiger partial charge in [0.25, 0.3) is 0 Å². The van der Waals surface area contributed by atoms with E-state index in [-0.39, 0.29) is 12.4 Å². The molecule has 0 saturated heterocycles. The number of carbonyl (C=O) groups excluding carboxylic acids is 2. The summed E-state index contributed by atoms with van der Waals surface area (Å²) < 4.78 is 8.21. The van der Waals surface area contributed by atoms with Gasteiger partial charge in [-0.3, -0.25) is 4.79 Å². The van der Waals surface area contributed by atoms with E-state index in [1.807, 2.05) is 29.7 Å². The number of hydrogen-bond acceptors (Lipinski definition) is 5. The van der Waals surface area contributed by atoms with Crippen LogP contribution in [-0.4, -0.2) is 28.5 Å². The Kier molecular flexibility index (Phi) is 6.10. The van der Waals surface area contributed by atoms with Crippen LogP contribution in [0.15, 0.2) is 46.8 Å². The number of halogens is 1. The van der Waals surface area contributed by atoms with Crippen molar-refractivity contribution in [3.63, 3.8) is 0 Å². The van der Waals surface area contributed by atoms with Crippen molar-refractivity contribution in [3.8, 4) is 12.3 Å². The summed E-state index contributed by atoms with van der Waals surface area (Å²) in [5.41, 5.74) is 3.43. The van der Waals surface area contributed by atoms with E-state index < -0.39 is 5.97 Å². The van der Waals surface area contributed by atoms with Crippen LogP contribution in [-0.2, 0) is 4.74 Å². The van der Waals surface area contributed by atoms with E-state index in [0.717, 1.165) is 15.3 Å². The number of thiophene rings is 1. The number of benzene rings is 1. The molecule has 0 atom stereocenters. The molecule has 0 bridgehead atoms. The summed E-state index contributed by atoms with van der Waals surface area (Å²) in [4.78, 5) is 27.0. The van der Waals surface area contributed by atoms with Crippen molar-refractivity contribution in [1.82, 2.24) is 4.40 Å². The number of carbonyl (C=O) groups is 2. The molecule has 7 heteroatoms. The summed E-state index contributed by atoms with van der Waals surface area (Å²) >= 11 is 8.82. The minimum Gasteiger partial charge on any atom is -0.462 e. The number of aryl methyl sites for hydroxylation is 1. The fourth-order valence-corrected chi connectivity index (χ4v) is 5.81. The lowest BCUT2D eigenvalue weighted by Gasteiger charge is -2.05. The third-order valence-corrected chi connectivity index (χ3v) is 7.38. The molecule has 0 fully saturated rings. The molecule has 0 saturated carbocycles. The molecule has 0 aliphatic heterocycles. The first-order valence-electron chi connectivity index (χ1n) is 9.57. The third kappa shape index (κ3) is 3.85. The lowest BCUT2D eigenvalue weighted by Crippen LogP contribution is -2.06. The van der Waals surface area contributed by atoms with Crippen molar-refractivity contribution >= 4 is 62.9 Å². The van der Waals surface area contributed by atoms with Crippen molar-refractivity contribution < 1.29 is 14.3 Å².